The molecule has 1 aromatic heterocycles. The van der Waals surface area contributed by atoms with Gasteiger partial charge in [0.25, 0.3) is 0 Å². The first-order chi connectivity index (χ1) is 6.99. The monoisotopic (exact) mass is 275 g/mol. The van der Waals surface area contributed by atoms with Crippen molar-refractivity contribution >= 4 is 21.9 Å². The number of ether oxygens (including phenoxy) is 1. The normalized spacial score (nSPS) is 10.7. The number of hydrogen-bond acceptors (Lipinski definition) is 4. The van der Waals surface area contributed by atoms with Crippen molar-refractivity contribution in [2.45, 2.75) is 26.7 Å². The zero-order valence-electron chi connectivity index (χ0n) is 8.95. The first-order valence-electron chi connectivity index (χ1n) is 4.69. The van der Waals surface area contributed by atoms with Crippen molar-refractivity contribution in [1.82, 2.24) is 9.66 Å². The second kappa shape index (κ2) is 4.65. The molecule has 0 aromatic carbocycles. The average molecular weight is 276 g/mol. The first-order valence-corrected chi connectivity index (χ1v) is 5.48. The number of rotatable bonds is 3. The third kappa shape index (κ3) is 2.31. The fourth-order valence-electron chi connectivity index (χ4n) is 1.14. The lowest BCUT2D eigenvalue weighted by Crippen LogP contribution is -2.19. The summed E-state index contributed by atoms with van der Waals surface area (Å²) in [6, 6.07) is 0. The van der Waals surface area contributed by atoms with Crippen LogP contribution in [0.5, 0.6) is 0 Å². The molecule has 0 fully saturated rings. The summed E-state index contributed by atoms with van der Waals surface area (Å²) in [4.78, 5) is 15.6. The molecule has 0 spiro atoms. The van der Waals surface area contributed by atoms with Gasteiger partial charge in [-0.15, -0.1) is 0 Å². The minimum Gasteiger partial charge on any atom is -0.460 e. The Morgan fingerprint density at radius 2 is 2.27 bits per heavy atom. The van der Waals surface area contributed by atoms with Crippen molar-refractivity contribution in [2.75, 3.05) is 12.4 Å². The van der Waals surface area contributed by atoms with Gasteiger partial charge in [0, 0.05) is 0 Å². The highest BCUT2D eigenvalue weighted by molar-refractivity contribution is 9.10. The number of carbonyl (C=O) groups excluding carboxylic acids is 1. The molecule has 0 radical (unpaired) electrons. The molecule has 0 aliphatic rings. The number of nitrogens with two attached hydrogens (primary N) is 1. The second-order valence-corrected chi connectivity index (χ2v) is 4.11. The van der Waals surface area contributed by atoms with Crippen LogP contribution >= 0.6 is 15.9 Å². The Morgan fingerprint density at radius 3 is 2.67 bits per heavy atom. The van der Waals surface area contributed by atoms with Crippen LogP contribution in [-0.2, 0) is 4.74 Å². The van der Waals surface area contributed by atoms with Crippen molar-refractivity contribution in [2.24, 2.45) is 0 Å². The van der Waals surface area contributed by atoms with Crippen molar-refractivity contribution in [3.8, 4) is 0 Å². The largest absolute Gasteiger partial charge is 0.460 e. The van der Waals surface area contributed by atoms with Gasteiger partial charge in [0.2, 0.25) is 5.82 Å². The van der Waals surface area contributed by atoms with Crippen LogP contribution in [0.15, 0.2) is 4.60 Å². The lowest BCUT2D eigenvalue weighted by Gasteiger charge is -2.01. The Balaban J connectivity index is 3.10. The maximum Gasteiger partial charge on any atom is 0.376 e. The Hall–Kier alpha value is -1.04. The van der Waals surface area contributed by atoms with Crippen LogP contribution in [0, 0.1) is 0 Å². The van der Waals surface area contributed by atoms with Crippen LogP contribution in [0.25, 0.3) is 0 Å². The Kier molecular flexibility index (Phi) is 3.73. The summed E-state index contributed by atoms with van der Waals surface area (Å²) in [6.07, 6.45) is 0. The molecule has 84 valence electrons. The molecule has 0 aliphatic heterocycles. The van der Waals surface area contributed by atoms with Crippen LogP contribution in [0.4, 0.5) is 0 Å². The quantitative estimate of drug-likeness (QED) is 0.673. The topological polar surface area (TPSA) is 70.1 Å². The van der Waals surface area contributed by atoms with E-state index in [-0.39, 0.29) is 11.7 Å². The number of aromatic nitrogens is 2. The molecule has 15 heavy (non-hydrogen) atoms. The van der Waals surface area contributed by atoms with E-state index in [2.05, 4.69) is 20.9 Å². The lowest BCUT2D eigenvalue weighted by molar-refractivity contribution is 0.0508. The number of halogens is 1. The molecule has 0 atom stereocenters. The molecule has 0 aliphatic carbocycles. The maximum atomic E-state index is 11.4. The maximum absolute atomic E-state index is 11.4. The highest BCUT2D eigenvalue weighted by Crippen LogP contribution is 2.23. The fourth-order valence-corrected chi connectivity index (χ4v) is 1.85. The summed E-state index contributed by atoms with van der Waals surface area (Å²) in [5.41, 5.74) is 0.751. The van der Waals surface area contributed by atoms with E-state index in [9.17, 15) is 4.79 Å². The van der Waals surface area contributed by atoms with E-state index in [0.717, 1.165) is 5.69 Å². The third-order valence-corrected chi connectivity index (χ3v) is 2.67. The van der Waals surface area contributed by atoms with Gasteiger partial charge in [-0.3, -0.25) is 0 Å². The van der Waals surface area contributed by atoms with E-state index in [4.69, 9.17) is 10.6 Å². The number of nitrogens with zero attached hydrogens (tertiary/aromatic N) is 2. The smallest absolute Gasteiger partial charge is 0.376 e. The molecule has 1 heterocycles. The minimum absolute atomic E-state index is 0.118. The molecule has 1 aromatic rings. The second-order valence-electron chi connectivity index (χ2n) is 3.36. The van der Waals surface area contributed by atoms with Gasteiger partial charge in [0.1, 0.15) is 4.60 Å². The van der Waals surface area contributed by atoms with Gasteiger partial charge >= 0.3 is 5.97 Å². The van der Waals surface area contributed by atoms with Crippen LogP contribution in [0.1, 0.15) is 43.0 Å². The Morgan fingerprint density at radius 1 is 1.67 bits per heavy atom. The Labute approximate surface area is 96.7 Å². The van der Waals surface area contributed by atoms with Crippen LogP contribution in [0.2, 0.25) is 0 Å². The van der Waals surface area contributed by atoms with Gasteiger partial charge in [-0.1, -0.05) is 13.8 Å². The molecule has 0 amide bonds. The van der Waals surface area contributed by atoms with Crippen molar-refractivity contribution in [1.29, 1.82) is 0 Å². The first kappa shape index (κ1) is 12.0. The lowest BCUT2D eigenvalue weighted by atomic mass is 10.2. The predicted molar refractivity (Wildman–Crippen MR) is 60.1 cm³/mol. The highest BCUT2D eigenvalue weighted by Gasteiger charge is 2.21. The summed E-state index contributed by atoms with van der Waals surface area (Å²) in [6.45, 7) is 5.99. The van der Waals surface area contributed by atoms with Gasteiger partial charge in [0.05, 0.1) is 12.3 Å². The molecule has 0 bridgehead atoms. The van der Waals surface area contributed by atoms with Crippen molar-refractivity contribution in [3.05, 3.63) is 16.1 Å². The van der Waals surface area contributed by atoms with Gasteiger partial charge in [0.15, 0.2) is 0 Å². The van der Waals surface area contributed by atoms with Gasteiger partial charge in [-0.2, -0.15) is 0 Å². The minimum atomic E-state index is -0.507. The molecule has 2 N–H and O–H groups in total. The average Bonchev–Trinajstić information content (AvgIpc) is 2.45. The fraction of sp³-hybridized carbons (Fsp3) is 0.556. The summed E-state index contributed by atoms with van der Waals surface area (Å²) >= 11 is 3.29. The Bertz CT molecular complexity index is 374. The van der Waals surface area contributed by atoms with E-state index in [1.54, 1.807) is 6.92 Å². The zero-order valence-corrected chi connectivity index (χ0v) is 10.5. The van der Waals surface area contributed by atoms with Gasteiger partial charge in [-0.25, -0.2) is 14.5 Å². The van der Waals surface area contributed by atoms with Crippen LogP contribution in [-0.4, -0.2) is 22.2 Å². The highest BCUT2D eigenvalue weighted by atomic mass is 79.9. The number of carbonyl (C=O) groups is 1. The molecule has 5 nitrogen and oxygen atoms in total. The number of esters is 1. The number of hydrogen-bond donors (Lipinski definition) is 1. The van der Waals surface area contributed by atoms with E-state index in [1.165, 1.54) is 4.68 Å². The van der Waals surface area contributed by atoms with Crippen LogP contribution < -0.4 is 5.84 Å². The predicted octanol–water partition coefficient (Wildman–Crippen LogP) is 1.66. The number of nitrogen functional groups attached to an aromatic ring is 1. The summed E-state index contributed by atoms with van der Waals surface area (Å²) < 4.78 is 6.65. The molecule has 0 saturated heterocycles. The molecule has 6 heteroatoms. The van der Waals surface area contributed by atoms with Crippen LogP contribution in [0.3, 0.4) is 0 Å². The van der Waals surface area contributed by atoms with E-state index in [0.29, 0.717) is 11.2 Å². The molecular formula is C9H14BrN3O2. The van der Waals surface area contributed by atoms with Crippen molar-refractivity contribution < 1.29 is 9.53 Å². The molecular weight excluding hydrogens is 262 g/mol. The number of imidazole rings is 1. The third-order valence-electron chi connectivity index (χ3n) is 1.88. The standard InChI is InChI=1S/C9H14BrN3O2/c1-4-15-9(14)8-12-6(5(2)3)7(10)13(8)11/h5H,4,11H2,1-3H3. The zero-order chi connectivity index (χ0) is 11.6. The van der Waals surface area contributed by atoms with Gasteiger partial charge in [-0.05, 0) is 28.8 Å². The molecule has 1 rings (SSSR count). The summed E-state index contributed by atoms with van der Waals surface area (Å²) in [5, 5.41) is 0. The van der Waals surface area contributed by atoms with E-state index in [1.807, 2.05) is 13.8 Å². The van der Waals surface area contributed by atoms with E-state index < -0.39 is 5.97 Å². The SMILES string of the molecule is CCOC(=O)c1nc(C(C)C)c(Br)n1N. The molecule has 0 unspecified atom stereocenters. The van der Waals surface area contributed by atoms with Gasteiger partial charge < -0.3 is 10.6 Å². The summed E-state index contributed by atoms with van der Waals surface area (Å²) in [7, 11) is 0. The molecule has 0 saturated carbocycles. The van der Waals surface area contributed by atoms with E-state index >= 15 is 0 Å². The van der Waals surface area contributed by atoms with Crippen molar-refractivity contribution in [3.63, 3.8) is 0 Å². The summed E-state index contributed by atoms with van der Waals surface area (Å²) in [5.74, 6) is 5.48.